The van der Waals surface area contributed by atoms with Crippen LogP contribution in [0.15, 0.2) is 22.6 Å². The first-order valence-electron chi connectivity index (χ1n) is 8.86. The fraction of sp³-hybridized carbons (Fsp3) is 0.350. The van der Waals surface area contributed by atoms with Crippen LogP contribution in [0.1, 0.15) is 45.3 Å². The molecule has 0 aliphatic carbocycles. The second-order valence-electron chi connectivity index (χ2n) is 6.90. The van der Waals surface area contributed by atoms with Crippen LogP contribution in [0.5, 0.6) is 0 Å². The predicted octanol–water partition coefficient (Wildman–Crippen LogP) is 4.75. The van der Waals surface area contributed by atoms with Crippen LogP contribution in [0, 0.1) is 25.6 Å². The van der Waals surface area contributed by atoms with E-state index in [4.69, 9.17) is 9.15 Å². The number of benzene rings is 1. The summed E-state index contributed by atoms with van der Waals surface area (Å²) >= 11 is 1.14. The number of esters is 1. The van der Waals surface area contributed by atoms with Crippen molar-refractivity contribution in [3.63, 3.8) is 0 Å². The number of fused-ring (bicyclic) bond motifs is 1. The van der Waals surface area contributed by atoms with Crippen molar-refractivity contribution in [2.45, 2.75) is 27.7 Å². The molecule has 3 aromatic rings. The molecule has 148 valence electrons. The number of carbonyl (C=O) groups is 2. The summed E-state index contributed by atoms with van der Waals surface area (Å²) in [5.74, 6) is -0.668. The molecule has 0 spiro atoms. The summed E-state index contributed by atoms with van der Waals surface area (Å²) in [6.07, 6.45) is 0. The Bertz CT molecular complexity index is 1040. The Balaban J connectivity index is 1.69. The number of nitrogens with one attached hydrogen (secondary N) is 1. The molecule has 0 aliphatic heterocycles. The summed E-state index contributed by atoms with van der Waals surface area (Å²) in [6.45, 7) is 7.63. The lowest BCUT2D eigenvalue weighted by atomic mass is 10.1. The molecule has 0 atom stereocenters. The average Bonchev–Trinajstić information content (AvgIpc) is 3.18. The van der Waals surface area contributed by atoms with Crippen LogP contribution < -0.4 is 5.32 Å². The second kappa shape index (κ2) is 8.10. The summed E-state index contributed by atoms with van der Waals surface area (Å²) < 4.78 is 24.2. The highest BCUT2D eigenvalue weighted by molar-refractivity contribution is 7.17. The molecule has 0 bridgehead atoms. The molecule has 8 heteroatoms. The normalized spacial score (nSPS) is 11.2. The first-order chi connectivity index (χ1) is 13.3. The van der Waals surface area contributed by atoms with Gasteiger partial charge < -0.3 is 14.5 Å². The highest BCUT2D eigenvalue weighted by Gasteiger charge is 2.20. The molecule has 28 heavy (non-hydrogen) atoms. The van der Waals surface area contributed by atoms with Gasteiger partial charge in [0.15, 0.2) is 10.9 Å². The topological polar surface area (TPSA) is 81.4 Å². The summed E-state index contributed by atoms with van der Waals surface area (Å²) in [7, 11) is 0. The highest BCUT2D eigenvalue weighted by Crippen LogP contribution is 2.27. The number of hydrogen-bond donors (Lipinski definition) is 1. The van der Waals surface area contributed by atoms with Gasteiger partial charge in [-0.25, -0.2) is 14.2 Å². The van der Waals surface area contributed by atoms with Gasteiger partial charge in [-0.05, 0) is 38.0 Å². The van der Waals surface area contributed by atoms with E-state index in [-0.39, 0.29) is 29.8 Å². The van der Waals surface area contributed by atoms with Gasteiger partial charge in [-0.3, -0.25) is 4.79 Å². The molecule has 0 amide bonds. The number of furan rings is 1. The number of Topliss-reactive ketones (excluding diaryl/α,β-unsaturated/α-hetero) is 1. The van der Waals surface area contributed by atoms with Gasteiger partial charge in [-0.2, -0.15) is 0 Å². The molecule has 0 aliphatic rings. The van der Waals surface area contributed by atoms with E-state index >= 15 is 0 Å². The van der Waals surface area contributed by atoms with Crippen LogP contribution in [-0.4, -0.2) is 29.9 Å². The molecule has 0 radical (unpaired) electrons. The zero-order valence-electron chi connectivity index (χ0n) is 16.1. The number of carbonyl (C=O) groups excluding carboxylic acids is 2. The SMILES string of the molecule is Cc1nc(NCC(=O)c2oc3ccc(F)cc3c2C)sc1C(=O)OCC(C)C. The lowest BCUT2D eigenvalue weighted by Gasteiger charge is -2.05. The molecule has 6 nitrogen and oxygen atoms in total. The number of thiazole rings is 1. The first-order valence-corrected chi connectivity index (χ1v) is 9.68. The van der Waals surface area contributed by atoms with Gasteiger partial charge in [-0.1, -0.05) is 25.2 Å². The van der Waals surface area contributed by atoms with Crippen molar-refractivity contribution >= 4 is 39.2 Å². The third-order valence-corrected chi connectivity index (χ3v) is 5.18. The Labute approximate surface area is 165 Å². The van der Waals surface area contributed by atoms with Crippen LogP contribution >= 0.6 is 11.3 Å². The molecule has 2 aromatic heterocycles. The molecular formula is C20H21FN2O4S. The number of hydrogen-bond acceptors (Lipinski definition) is 7. The number of nitrogens with zero attached hydrogens (tertiary/aromatic N) is 1. The maximum Gasteiger partial charge on any atom is 0.350 e. The van der Waals surface area contributed by atoms with Gasteiger partial charge in [0.1, 0.15) is 16.3 Å². The Morgan fingerprint density at radius 3 is 2.79 bits per heavy atom. The first kappa shape index (κ1) is 20.0. The Morgan fingerprint density at radius 1 is 1.32 bits per heavy atom. The van der Waals surface area contributed by atoms with Crippen molar-refractivity contribution in [1.82, 2.24) is 4.98 Å². The number of anilines is 1. The highest BCUT2D eigenvalue weighted by atomic mass is 32.1. The van der Waals surface area contributed by atoms with E-state index in [0.717, 1.165) is 11.3 Å². The lowest BCUT2D eigenvalue weighted by Crippen LogP contribution is -2.14. The summed E-state index contributed by atoms with van der Waals surface area (Å²) in [5.41, 5.74) is 1.60. The molecule has 1 aromatic carbocycles. The molecule has 3 rings (SSSR count). The summed E-state index contributed by atoms with van der Waals surface area (Å²) in [5, 5.41) is 3.94. The van der Waals surface area contributed by atoms with E-state index in [1.54, 1.807) is 13.8 Å². The minimum Gasteiger partial charge on any atom is -0.461 e. The Kier molecular flexibility index (Phi) is 5.79. The fourth-order valence-electron chi connectivity index (χ4n) is 2.66. The molecule has 1 N–H and O–H groups in total. The van der Waals surface area contributed by atoms with Crippen LogP contribution in [0.25, 0.3) is 11.0 Å². The van der Waals surface area contributed by atoms with Crippen molar-refractivity contribution in [3.05, 3.63) is 45.9 Å². The minimum absolute atomic E-state index is 0.0589. The van der Waals surface area contributed by atoms with E-state index in [0.29, 0.717) is 38.8 Å². The molecule has 0 unspecified atom stereocenters. The number of halogens is 1. The Hall–Kier alpha value is -2.74. The number of aryl methyl sites for hydroxylation is 2. The van der Waals surface area contributed by atoms with Crippen LogP contribution in [0.3, 0.4) is 0 Å². The molecule has 2 heterocycles. The van der Waals surface area contributed by atoms with Crippen LogP contribution in [-0.2, 0) is 4.74 Å². The van der Waals surface area contributed by atoms with E-state index in [9.17, 15) is 14.0 Å². The van der Waals surface area contributed by atoms with Crippen molar-refractivity contribution < 1.29 is 23.1 Å². The summed E-state index contributed by atoms with van der Waals surface area (Å²) in [6, 6.07) is 4.13. The van der Waals surface area contributed by atoms with Gasteiger partial charge in [-0.15, -0.1) is 0 Å². The monoisotopic (exact) mass is 404 g/mol. The number of ether oxygens (including phenoxy) is 1. The predicted molar refractivity (Wildman–Crippen MR) is 106 cm³/mol. The van der Waals surface area contributed by atoms with E-state index < -0.39 is 5.97 Å². The number of ketones is 1. The van der Waals surface area contributed by atoms with Gasteiger partial charge in [0, 0.05) is 10.9 Å². The van der Waals surface area contributed by atoms with Crippen LogP contribution in [0.2, 0.25) is 0 Å². The quantitative estimate of drug-likeness (QED) is 0.452. The largest absolute Gasteiger partial charge is 0.461 e. The maximum atomic E-state index is 13.4. The zero-order valence-corrected chi connectivity index (χ0v) is 16.9. The molecular weight excluding hydrogens is 383 g/mol. The van der Waals surface area contributed by atoms with Gasteiger partial charge >= 0.3 is 5.97 Å². The third kappa shape index (κ3) is 4.22. The Morgan fingerprint density at radius 2 is 2.07 bits per heavy atom. The number of rotatable bonds is 7. The average molecular weight is 404 g/mol. The van der Waals surface area contributed by atoms with Gasteiger partial charge in [0.2, 0.25) is 5.78 Å². The number of aromatic nitrogens is 1. The van der Waals surface area contributed by atoms with Crippen molar-refractivity contribution in [2.24, 2.45) is 5.92 Å². The van der Waals surface area contributed by atoms with Crippen molar-refractivity contribution in [2.75, 3.05) is 18.5 Å². The van der Waals surface area contributed by atoms with Gasteiger partial charge in [0.25, 0.3) is 0 Å². The fourth-order valence-corrected chi connectivity index (χ4v) is 3.52. The molecule has 0 fully saturated rings. The molecule has 0 saturated carbocycles. The zero-order chi connectivity index (χ0) is 20.4. The standard InChI is InChI=1S/C20H21FN2O4S/c1-10(2)9-26-19(25)18-12(4)23-20(28-18)22-8-15(24)17-11(3)14-7-13(21)5-6-16(14)27-17/h5-7,10H,8-9H2,1-4H3,(H,22,23). The second-order valence-corrected chi connectivity index (χ2v) is 7.90. The lowest BCUT2D eigenvalue weighted by molar-refractivity contribution is 0.0463. The van der Waals surface area contributed by atoms with Crippen molar-refractivity contribution in [1.29, 1.82) is 0 Å². The van der Waals surface area contributed by atoms with Crippen molar-refractivity contribution in [3.8, 4) is 0 Å². The summed E-state index contributed by atoms with van der Waals surface area (Å²) in [4.78, 5) is 29.3. The van der Waals surface area contributed by atoms with E-state index in [1.165, 1.54) is 18.2 Å². The minimum atomic E-state index is -0.418. The molecule has 0 saturated heterocycles. The third-order valence-electron chi connectivity index (χ3n) is 4.08. The van der Waals surface area contributed by atoms with Crippen LogP contribution in [0.4, 0.5) is 9.52 Å². The van der Waals surface area contributed by atoms with E-state index in [2.05, 4.69) is 10.3 Å². The smallest absolute Gasteiger partial charge is 0.350 e. The van der Waals surface area contributed by atoms with Gasteiger partial charge in [0.05, 0.1) is 18.8 Å². The van der Waals surface area contributed by atoms with E-state index in [1.807, 2.05) is 13.8 Å². The maximum absolute atomic E-state index is 13.4.